The number of ether oxygens (including phenoxy) is 2. The second-order valence-corrected chi connectivity index (χ2v) is 3.55. The third kappa shape index (κ3) is 1.35. The highest BCUT2D eigenvalue weighted by Gasteiger charge is 2.39. The van der Waals surface area contributed by atoms with E-state index < -0.39 is 5.79 Å². The van der Waals surface area contributed by atoms with Crippen molar-refractivity contribution >= 4 is 0 Å². The average Bonchev–Trinajstić information content (AvgIpc) is 2.59. The fourth-order valence-electron chi connectivity index (χ4n) is 2.20. The summed E-state index contributed by atoms with van der Waals surface area (Å²) in [5.41, 5.74) is 2.55. The molecule has 1 aliphatic carbocycles. The van der Waals surface area contributed by atoms with Gasteiger partial charge in [0.25, 0.3) is 0 Å². The van der Waals surface area contributed by atoms with Crippen LogP contribution in [0.4, 0.5) is 0 Å². The molecule has 0 aliphatic heterocycles. The van der Waals surface area contributed by atoms with Crippen molar-refractivity contribution in [1.29, 1.82) is 0 Å². The zero-order valence-corrected chi connectivity index (χ0v) is 8.75. The molecule has 2 nitrogen and oxygen atoms in total. The van der Waals surface area contributed by atoms with Crippen molar-refractivity contribution in [2.45, 2.75) is 25.6 Å². The van der Waals surface area contributed by atoms with Crippen molar-refractivity contribution in [2.24, 2.45) is 0 Å². The van der Waals surface area contributed by atoms with Crippen molar-refractivity contribution in [3.8, 4) is 0 Å². The number of aryl methyl sites for hydroxylation is 1. The SMILES string of the molecule is CCOC1(OC)CCc2ccccc21. The molecule has 0 bridgehead atoms. The van der Waals surface area contributed by atoms with Crippen LogP contribution in [0.3, 0.4) is 0 Å². The Morgan fingerprint density at radius 2 is 2.14 bits per heavy atom. The molecule has 1 unspecified atom stereocenters. The summed E-state index contributed by atoms with van der Waals surface area (Å²) < 4.78 is 11.3. The minimum Gasteiger partial charge on any atom is -0.349 e. The predicted molar refractivity (Wildman–Crippen MR) is 55.1 cm³/mol. The Bertz CT molecular complexity index is 318. The van der Waals surface area contributed by atoms with Crippen LogP contribution in [0.25, 0.3) is 0 Å². The van der Waals surface area contributed by atoms with E-state index in [0.717, 1.165) is 12.8 Å². The maximum Gasteiger partial charge on any atom is 0.195 e. The number of hydrogen-bond donors (Lipinski definition) is 0. The molecule has 2 heteroatoms. The maximum absolute atomic E-state index is 5.74. The highest BCUT2D eigenvalue weighted by atomic mass is 16.7. The van der Waals surface area contributed by atoms with Gasteiger partial charge in [0.2, 0.25) is 0 Å². The fraction of sp³-hybridized carbons (Fsp3) is 0.500. The average molecular weight is 192 g/mol. The molecule has 1 aromatic carbocycles. The molecule has 0 spiro atoms. The van der Waals surface area contributed by atoms with Crippen molar-refractivity contribution < 1.29 is 9.47 Å². The standard InChI is InChI=1S/C12H16O2/c1-3-14-12(13-2)9-8-10-6-4-5-7-11(10)12/h4-7H,3,8-9H2,1-2H3. The van der Waals surface area contributed by atoms with Gasteiger partial charge in [-0.3, -0.25) is 0 Å². The molecule has 0 saturated carbocycles. The lowest BCUT2D eigenvalue weighted by molar-refractivity contribution is -0.227. The summed E-state index contributed by atoms with van der Waals surface area (Å²) in [6.45, 7) is 2.68. The quantitative estimate of drug-likeness (QED) is 0.685. The third-order valence-electron chi connectivity index (χ3n) is 2.86. The first kappa shape index (κ1) is 9.69. The lowest BCUT2D eigenvalue weighted by atomic mass is 10.1. The summed E-state index contributed by atoms with van der Waals surface area (Å²) in [4.78, 5) is 0. The molecule has 0 radical (unpaired) electrons. The molecular formula is C12H16O2. The molecular weight excluding hydrogens is 176 g/mol. The smallest absolute Gasteiger partial charge is 0.195 e. The van der Waals surface area contributed by atoms with Gasteiger partial charge in [0, 0.05) is 25.7 Å². The van der Waals surface area contributed by atoms with Crippen LogP contribution in [0, 0.1) is 0 Å². The molecule has 0 amide bonds. The number of methoxy groups -OCH3 is 1. The topological polar surface area (TPSA) is 18.5 Å². The van der Waals surface area contributed by atoms with Crippen LogP contribution in [-0.2, 0) is 21.7 Å². The zero-order valence-electron chi connectivity index (χ0n) is 8.75. The van der Waals surface area contributed by atoms with Gasteiger partial charge >= 0.3 is 0 Å². The van der Waals surface area contributed by atoms with Crippen LogP contribution in [0.1, 0.15) is 24.5 Å². The molecule has 1 atom stereocenters. The number of hydrogen-bond acceptors (Lipinski definition) is 2. The Morgan fingerprint density at radius 3 is 2.86 bits per heavy atom. The highest BCUT2D eigenvalue weighted by molar-refractivity contribution is 5.35. The van der Waals surface area contributed by atoms with Gasteiger partial charge < -0.3 is 9.47 Å². The van der Waals surface area contributed by atoms with Crippen molar-refractivity contribution in [3.05, 3.63) is 35.4 Å². The van der Waals surface area contributed by atoms with E-state index in [1.54, 1.807) is 7.11 Å². The minimum absolute atomic E-state index is 0.481. The lowest BCUT2D eigenvalue weighted by Gasteiger charge is -2.28. The van der Waals surface area contributed by atoms with Crippen LogP contribution in [0.2, 0.25) is 0 Å². The first-order valence-corrected chi connectivity index (χ1v) is 5.10. The van der Waals surface area contributed by atoms with E-state index in [1.165, 1.54) is 11.1 Å². The van der Waals surface area contributed by atoms with Gasteiger partial charge in [-0.2, -0.15) is 0 Å². The predicted octanol–water partition coefficient (Wildman–Crippen LogP) is 2.47. The molecule has 0 fully saturated rings. The lowest BCUT2D eigenvalue weighted by Crippen LogP contribution is -2.29. The minimum atomic E-state index is -0.481. The maximum atomic E-state index is 5.74. The third-order valence-corrected chi connectivity index (χ3v) is 2.86. The molecule has 1 aromatic rings. The summed E-state index contributed by atoms with van der Waals surface area (Å²) in [5, 5.41) is 0. The molecule has 76 valence electrons. The normalized spacial score (nSPS) is 25.0. The van der Waals surface area contributed by atoms with Gasteiger partial charge in [0.1, 0.15) is 0 Å². The van der Waals surface area contributed by atoms with E-state index >= 15 is 0 Å². The van der Waals surface area contributed by atoms with Crippen LogP contribution < -0.4 is 0 Å². The summed E-state index contributed by atoms with van der Waals surface area (Å²) >= 11 is 0. The largest absolute Gasteiger partial charge is 0.349 e. The summed E-state index contributed by atoms with van der Waals surface area (Å²) in [7, 11) is 1.72. The van der Waals surface area contributed by atoms with Crippen molar-refractivity contribution in [2.75, 3.05) is 13.7 Å². The van der Waals surface area contributed by atoms with E-state index in [9.17, 15) is 0 Å². The Morgan fingerprint density at radius 1 is 1.36 bits per heavy atom. The number of benzene rings is 1. The van der Waals surface area contributed by atoms with E-state index in [-0.39, 0.29) is 0 Å². The Hall–Kier alpha value is -0.860. The molecule has 0 N–H and O–H groups in total. The van der Waals surface area contributed by atoms with E-state index in [4.69, 9.17) is 9.47 Å². The van der Waals surface area contributed by atoms with Gasteiger partial charge in [-0.15, -0.1) is 0 Å². The number of rotatable bonds is 3. The Labute approximate surface area is 84.8 Å². The highest BCUT2D eigenvalue weighted by Crippen LogP contribution is 2.40. The van der Waals surface area contributed by atoms with Crippen LogP contribution in [-0.4, -0.2) is 13.7 Å². The molecule has 0 heterocycles. The van der Waals surface area contributed by atoms with Gasteiger partial charge in [0.05, 0.1) is 0 Å². The number of fused-ring (bicyclic) bond motifs is 1. The van der Waals surface area contributed by atoms with Crippen LogP contribution in [0.15, 0.2) is 24.3 Å². The molecule has 14 heavy (non-hydrogen) atoms. The molecule has 0 aromatic heterocycles. The van der Waals surface area contributed by atoms with E-state index in [0.29, 0.717) is 6.61 Å². The van der Waals surface area contributed by atoms with Crippen molar-refractivity contribution in [1.82, 2.24) is 0 Å². The fourth-order valence-corrected chi connectivity index (χ4v) is 2.20. The van der Waals surface area contributed by atoms with Gasteiger partial charge in [-0.25, -0.2) is 0 Å². The van der Waals surface area contributed by atoms with Crippen LogP contribution >= 0.6 is 0 Å². The summed E-state index contributed by atoms with van der Waals surface area (Å²) in [5.74, 6) is -0.481. The van der Waals surface area contributed by atoms with Crippen LogP contribution in [0.5, 0.6) is 0 Å². The van der Waals surface area contributed by atoms with E-state index in [1.807, 2.05) is 13.0 Å². The first-order valence-electron chi connectivity index (χ1n) is 5.10. The second-order valence-electron chi connectivity index (χ2n) is 3.55. The Kier molecular flexibility index (Phi) is 2.57. The zero-order chi connectivity index (χ0) is 10.0. The first-order chi connectivity index (χ1) is 6.82. The van der Waals surface area contributed by atoms with Gasteiger partial charge in [-0.1, -0.05) is 24.3 Å². The summed E-state index contributed by atoms with van der Waals surface area (Å²) in [6.07, 6.45) is 1.97. The molecule has 0 saturated heterocycles. The Balaban J connectivity index is 2.39. The second kappa shape index (κ2) is 3.71. The van der Waals surface area contributed by atoms with Crippen molar-refractivity contribution in [3.63, 3.8) is 0 Å². The monoisotopic (exact) mass is 192 g/mol. The molecule has 1 aliphatic rings. The van der Waals surface area contributed by atoms with E-state index in [2.05, 4.69) is 18.2 Å². The summed E-state index contributed by atoms with van der Waals surface area (Å²) in [6, 6.07) is 8.35. The van der Waals surface area contributed by atoms with Gasteiger partial charge in [0.15, 0.2) is 5.79 Å². The molecule has 2 rings (SSSR count). The van der Waals surface area contributed by atoms with Gasteiger partial charge in [-0.05, 0) is 18.9 Å².